The van der Waals surface area contributed by atoms with Gasteiger partial charge in [0.2, 0.25) is 0 Å². The number of methoxy groups -OCH3 is 1. The third kappa shape index (κ3) is 2.43. The van der Waals surface area contributed by atoms with Crippen molar-refractivity contribution in [3.05, 3.63) is 47.2 Å². The average molecular weight is 252 g/mol. The van der Waals surface area contributed by atoms with E-state index in [0.29, 0.717) is 17.3 Å². The maximum absolute atomic E-state index is 6.10. The zero-order valence-corrected chi connectivity index (χ0v) is 10.3. The number of ether oxygens (including phenoxy) is 1. The standard InChI is InChI=1S/C12H14ClN3O/c1-17-12-4-3-9(7-10(12)13)11(8-14)16-6-2-5-15-16/h2-7,11H,8,14H2,1H3. The summed E-state index contributed by atoms with van der Waals surface area (Å²) < 4.78 is 6.94. The van der Waals surface area contributed by atoms with Crippen molar-refractivity contribution in [2.75, 3.05) is 13.7 Å². The molecule has 5 heteroatoms. The minimum Gasteiger partial charge on any atom is -0.495 e. The van der Waals surface area contributed by atoms with Gasteiger partial charge in [-0.1, -0.05) is 17.7 Å². The van der Waals surface area contributed by atoms with Gasteiger partial charge in [-0.3, -0.25) is 4.68 Å². The molecule has 4 nitrogen and oxygen atoms in total. The summed E-state index contributed by atoms with van der Waals surface area (Å²) in [5.74, 6) is 0.659. The summed E-state index contributed by atoms with van der Waals surface area (Å²) in [6.45, 7) is 0.463. The van der Waals surface area contributed by atoms with Gasteiger partial charge in [-0.15, -0.1) is 0 Å². The molecule has 90 valence electrons. The van der Waals surface area contributed by atoms with Crippen LogP contribution >= 0.6 is 11.6 Å². The zero-order chi connectivity index (χ0) is 12.3. The Balaban J connectivity index is 2.35. The van der Waals surface area contributed by atoms with Gasteiger partial charge in [0.25, 0.3) is 0 Å². The van der Waals surface area contributed by atoms with Gasteiger partial charge in [-0.25, -0.2) is 0 Å². The molecule has 1 unspecified atom stereocenters. The predicted octanol–water partition coefficient (Wildman–Crippen LogP) is 2.09. The second kappa shape index (κ2) is 5.21. The van der Waals surface area contributed by atoms with Crippen molar-refractivity contribution >= 4 is 11.6 Å². The Morgan fingerprint density at radius 1 is 1.53 bits per heavy atom. The van der Waals surface area contributed by atoms with E-state index in [0.717, 1.165) is 5.56 Å². The first-order valence-electron chi connectivity index (χ1n) is 5.29. The summed E-state index contributed by atoms with van der Waals surface area (Å²) in [6.07, 6.45) is 3.61. The zero-order valence-electron chi connectivity index (χ0n) is 9.51. The Labute approximate surface area is 105 Å². The van der Waals surface area contributed by atoms with Crippen molar-refractivity contribution in [2.45, 2.75) is 6.04 Å². The van der Waals surface area contributed by atoms with Gasteiger partial charge in [0.15, 0.2) is 0 Å². The van der Waals surface area contributed by atoms with Crippen LogP contribution in [0.15, 0.2) is 36.7 Å². The molecule has 1 heterocycles. The summed E-state index contributed by atoms with van der Waals surface area (Å²) in [7, 11) is 1.59. The molecule has 0 saturated carbocycles. The molecule has 1 atom stereocenters. The van der Waals surface area contributed by atoms with Crippen LogP contribution in [0, 0.1) is 0 Å². The third-order valence-electron chi connectivity index (χ3n) is 2.63. The molecule has 0 aliphatic rings. The van der Waals surface area contributed by atoms with Crippen LogP contribution in [0.5, 0.6) is 5.75 Å². The lowest BCUT2D eigenvalue weighted by atomic mass is 10.1. The average Bonchev–Trinajstić information content (AvgIpc) is 2.84. The van der Waals surface area contributed by atoms with Crippen LogP contribution in [0.3, 0.4) is 0 Å². The van der Waals surface area contributed by atoms with E-state index in [1.807, 2.05) is 35.1 Å². The predicted molar refractivity (Wildman–Crippen MR) is 67.4 cm³/mol. The van der Waals surface area contributed by atoms with Crippen molar-refractivity contribution in [1.82, 2.24) is 9.78 Å². The van der Waals surface area contributed by atoms with Crippen LogP contribution in [0.2, 0.25) is 5.02 Å². The first-order chi connectivity index (χ1) is 8.26. The topological polar surface area (TPSA) is 53.1 Å². The molecule has 0 spiro atoms. The second-order valence-corrected chi connectivity index (χ2v) is 4.04. The largest absolute Gasteiger partial charge is 0.495 e. The second-order valence-electron chi connectivity index (χ2n) is 3.63. The number of hydrogen-bond acceptors (Lipinski definition) is 3. The molecule has 17 heavy (non-hydrogen) atoms. The molecule has 0 amide bonds. The van der Waals surface area contributed by atoms with E-state index in [1.54, 1.807) is 13.3 Å². The molecule has 0 radical (unpaired) electrons. The number of nitrogens with zero attached hydrogens (tertiary/aromatic N) is 2. The lowest BCUT2D eigenvalue weighted by Gasteiger charge is -2.16. The molecule has 0 fully saturated rings. The van der Waals surface area contributed by atoms with Crippen molar-refractivity contribution < 1.29 is 4.74 Å². The van der Waals surface area contributed by atoms with Crippen LogP contribution in [0.1, 0.15) is 11.6 Å². The highest BCUT2D eigenvalue weighted by atomic mass is 35.5. The molecule has 0 bridgehead atoms. The summed E-state index contributed by atoms with van der Waals surface area (Å²) in [4.78, 5) is 0. The molecule has 1 aromatic carbocycles. The van der Waals surface area contributed by atoms with Gasteiger partial charge in [0, 0.05) is 18.9 Å². The Morgan fingerprint density at radius 3 is 2.88 bits per heavy atom. The van der Waals surface area contributed by atoms with Gasteiger partial charge >= 0.3 is 0 Å². The fraction of sp³-hybridized carbons (Fsp3) is 0.250. The summed E-state index contributed by atoms with van der Waals surface area (Å²) >= 11 is 6.10. The number of hydrogen-bond donors (Lipinski definition) is 1. The molecule has 2 rings (SSSR count). The molecule has 1 aromatic heterocycles. The van der Waals surface area contributed by atoms with Gasteiger partial charge in [0.1, 0.15) is 5.75 Å². The third-order valence-corrected chi connectivity index (χ3v) is 2.92. The monoisotopic (exact) mass is 251 g/mol. The number of rotatable bonds is 4. The van der Waals surface area contributed by atoms with Crippen molar-refractivity contribution in [1.29, 1.82) is 0 Å². The fourth-order valence-electron chi connectivity index (χ4n) is 1.75. The number of nitrogens with two attached hydrogens (primary N) is 1. The lowest BCUT2D eigenvalue weighted by Crippen LogP contribution is -2.20. The van der Waals surface area contributed by atoms with Gasteiger partial charge in [-0.2, -0.15) is 5.10 Å². The van der Waals surface area contributed by atoms with Crippen LogP contribution in [0.25, 0.3) is 0 Å². The van der Waals surface area contributed by atoms with E-state index in [2.05, 4.69) is 5.10 Å². The molecular formula is C12H14ClN3O. The molecule has 2 aromatic rings. The Hall–Kier alpha value is -1.52. The minimum absolute atomic E-state index is 0.00611. The molecule has 0 saturated heterocycles. The summed E-state index contributed by atoms with van der Waals surface area (Å²) in [5.41, 5.74) is 6.80. The Morgan fingerprint density at radius 2 is 2.35 bits per heavy atom. The van der Waals surface area contributed by atoms with Crippen LogP contribution in [-0.4, -0.2) is 23.4 Å². The van der Waals surface area contributed by atoms with E-state index in [4.69, 9.17) is 22.1 Å². The van der Waals surface area contributed by atoms with Crippen LogP contribution in [0.4, 0.5) is 0 Å². The highest BCUT2D eigenvalue weighted by Gasteiger charge is 2.13. The fourth-order valence-corrected chi connectivity index (χ4v) is 2.02. The minimum atomic E-state index is -0.00611. The van der Waals surface area contributed by atoms with E-state index >= 15 is 0 Å². The first kappa shape index (κ1) is 12.0. The van der Waals surface area contributed by atoms with Crippen molar-refractivity contribution in [3.8, 4) is 5.75 Å². The van der Waals surface area contributed by atoms with E-state index < -0.39 is 0 Å². The molecule has 0 aliphatic heterocycles. The quantitative estimate of drug-likeness (QED) is 0.905. The smallest absolute Gasteiger partial charge is 0.137 e. The molecule has 2 N–H and O–H groups in total. The lowest BCUT2D eigenvalue weighted by molar-refractivity contribution is 0.414. The van der Waals surface area contributed by atoms with Gasteiger partial charge < -0.3 is 10.5 Å². The highest BCUT2D eigenvalue weighted by molar-refractivity contribution is 6.32. The van der Waals surface area contributed by atoms with Gasteiger partial charge in [-0.05, 0) is 23.8 Å². The molecular weight excluding hydrogens is 238 g/mol. The van der Waals surface area contributed by atoms with Crippen LogP contribution in [-0.2, 0) is 0 Å². The Kier molecular flexibility index (Phi) is 3.66. The highest BCUT2D eigenvalue weighted by Crippen LogP contribution is 2.28. The van der Waals surface area contributed by atoms with E-state index in [9.17, 15) is 0 Å². The maximum Gasteiger partial charge on any atom is 0.137 e. The maximum atomic E-state index is 6.10. The van der Waals surface area contributed by atoms with Crippen molar-refractivity contribution in [2.24, 2.45) is 5.73 Å². The number of aromatic nitrogens is 2. The van der Waals surface area contributed by atoms with E-state index in [1.165, 1.54) is 0 Å². The summed E-state index contributed by atoms with van der Waals surface area (Å²) in [5, 5.41) is 4.78. The normalized spacial score (nSPS) is 12.4. The van der Waals surface area contributed by atoms with Crippen LogP contribution < -0.4 is 10.5 Å². The summed E-state index contributed by atoms with van der Waals surface area (Å²) in [6, 6.07) is 7.51. The SMILES string of the molecule is COc1ccc(C(CN)n2cccn2)cc1Cl. The molecule has 0 aliphatic carbocycles. The van der Waals surface area contributed by atoms with E-state index in [-0.39, 0.29) is 6.04 Å². The Bertz CT molecular complexity index is 485. The first-order valence-corrected chi connectivity index (χ1v) is 5.66. The number of halogens is 1. The van der Waals surface area contributed by atoms with Crippen molar-refractivity contribution in [3.63, 3.8) is 0 Å². The van der Waals surface area contributed by atoms with Gasteiger partial charge in [0.05, 0.1) is 18.2 Å². The number of benzene rings is 1.